The fraction of sp³-hybridized carbons (Fsp3) is 0.263. The lowest BCUT2D eigenvalue weighted by Gasteiger charge is -2.19. The van der Waals surface area contributed by atoms with Crippen molar-refractivity contribution in [3.63, 3.8) is 0 Å². The average Bonchev–Trinajstić information content (AvgIpc) is 2.98. The summed E-state index contributed by atoms with van der Waals surface area (Å²) in [5.41, 5.74) is 2.37. The van der Waals surface area contributed by atoms with E-state index < -0.39 is 5.92 Å². The van der Waals surface area contributed by atoms with Gasteiger partial charge in [0, 0.05) is 30.2 Å². The first-order chi connectivity index (χ1) is 12.0. The van der Waals surface area contributed by atoms with E-state index in [0.717, 1.165) is 16.8 Å². The van der Waals surface area contributed by atoms with Crippen LogP contribution in [0, 0.1) is 18.7 Å². The van der Waals surface area contributed by atoms with Crippen molar-refractivity contribution in [2.24, 2.45) is 5.92 Å². The molecule has 1 fully saturated rings. The van der Waals surface area contributed by atoms with E-state index in [0.29, 0.717) is 18.1 Å². The van der Waals surface area contributed by atoms with E-state index in [2.05, 4.69) is 5.32 Å². The van der Waals surface area contributed by atoms with Crippen LogP contribution in [0.4, 0.5) is 10.1 Å². The van der Waals surface area contributed by atoms with Crippen molar-refractivity contribution in [1.82, 2.24) is 5.32 Å². The molecule has 0 saturated carbocycles. The van der Waals surface area contributed by atoms with E-state index in [4.69, 9.17) is 11.6 Å². The monoisotopic (exact) mass is 360 g/mol. The standard InChI is InChI=1S/C19H18ClFN2O2/c1-12-16(20)3-2-4-17(12)23-11-14(9-18(23)24)19(25)22-10-13-5-7-15(21)8-6-13/h2-8,14H,9-11H2,1H3,(H,22,25)/t14-/m0/s1. The molecular formula is C19H18ClFN2O2. The number of hydrogen-bond donors (Lipinski definition) is 1. The Labute approximate surface area is 150 Å². The third-order valence-electron chi connectivity index (χ3n) is 4.41. The van der Waals surface area contributed by atoms with Gasteiger partial charge in [-0.15, -0.1) is 0 Å². The first-order valence-electron chi connectivity index (χ1n) is 8.03. The number of nitrogens with one attached hydrogen (secondary N) is 1. The Kier molecular flexibility index (Phi) is 5.04. The highest BCUT2D eigenvalue weighted by Crippen LogP contribution is 2.31. The molecule has 0 radical (unpaired) electrons. The van der Waals surface area contributed by atoms with Gasteiger partial charge in [-0.3, -0.25) is 9.59 Å². The van der Waals surface area contributed by atoms with Gasteiger partial charge in [-0.2, -0.15) is 0 Å². The fourth-order valence-corrected chi connectivity index (χ4v) is 3.11. The second-order valence-corrected chi connectivity index (χ2v) is 6.54. The van der Waals surface area contributed by atoms with Crippen LogP contribution >= 0.6 is 11.6 Å². The zero-order valence-electron chi connectivity index (χ0n) is 13.8. The van der Waals surface area contributed by atoms with Crippen LogP contribution in [-0.2, 0) is 16.1 Å². The molecule has 0 bridgehead atoms. The normalized spacial score (nSPS) is 17.0. The number of amides is 2. The smallest absolute Gasteiger partial charge is 0.227 e. The van der Waals surface area contributed by atoms with Crippen LogP contribution in [0.3, 0.4) is 0 Å². The minimum atomic E-state index is -0.411. The quantitative estimate of drug-likeness (QED) is 0.907. The number of halogens is 2. The Morgan fingerprint density at radius 1 is 1.28 bits per heavy atom. The maximum absolute atomic E-state index is 12.9. The highest BCUT2D eigenvalue weighted by molar-refractivity contribution is 6.31. The van der Waals surface area contributed by atoms with Crippen LogP contribution in [-0.4, -0.2) is 18.4 Å². The summed E-state index contributed by atoms with van der Waals surface area (Å²) in [7, 11) is 0. The van der Waals surface area contributed by atoms with Crippen molar-refractivity contribution >= 4 is 29.1 Å². The maximum Gasteiger partial charge on any atom is 0.227 e. The number of carbonyl (C=O) groups is 2. The molecule has 0 aromatic heterocycles. The molecule has 0 aliphatic carbocycles. The largest absolute Gasteiger partial charge is 0.352 e. The summed E-state index contributed by atoms with van der Waals surface area (Å²) in [5, 5.41) is 3.40. The molecule has 2 aromatic rings. The lowest BCUT2D eigenvalue weighted by molar-refractivity contribution is -0.126. The summed E-state index contributed by atoms with van der Waals surface area (Å²) in [6.07, 6.45) is 0.168. The molecule has 25 heavy (non-hydrogen) atoms. The van der Waals surface area contributed by atoms with Gasteiger partial charge in [0.2, 0.25) is 11.8 Å². The van der Waals surface area contributed by atoms with E-state index in [-0.39, 0.29) is 24.1 Å². The van der Waals surface area contributed by atoms with Gasteiger partial charge in [0.25, 0.3) is 0 Å². The van der Waals surface area contributed by atoms with Crippen molar-refractivity contribution in [2.75, 3.05) is 11.4 Å². The number of anilines is 1. The second-order valence-electron chi connectivity index (χ2n) is 6.13. The summed E-state index contributed by atoms with van der Waals surface area (Å²) in [4.78, 5) is 26.3. The maximum atomic E-state index is 12.9. The lowest BCUT2D eigenvalue weighted by Crippen LogP contribution is -2.32. The van der Waals surface area contributed by atoms with Crippen molar-refractivity contribution in [3.8, 4) is 0 Å². The highest BCUT2D eigenvalue weighted by atomic mass is 35.5. The predicted octanol–water partition coefficient (Wildman–Crippen LogP) is 3.46. The van der Waals surface area contributed by atoms with Crippen LogP contribution in [0.15, 0.2) is 42.5 Å². The zero-order valence-corrected chi connectivity index (χ0v) is 14.5. The molecule has 2 aromatic carbocycles. The van der Waals surface area contributed by atoms with Gasteiger partial charge in [0.1, 0.15) is 5.82 Å². The van der Waals surface area contributed by atoms with Crippen molar-refractivity contribution in [1.29, 1.82) is 0 Å². The van der Waals surface area contributed by atoms with E-state index >= 15 is 0 Å². The number of nitrogens with zero attached hydrogens (tertiary/aromatic N) is 1. The molecule has 1 aliphatic heterocycles. The Bertz CT molecular complexity index is 808. The molecule has 130 valence electrons. The van der Waals surface area contributed by atoms with Crippen molar-refractivity contribution in [3.05, 3.63) is 64.4 Å². The Morgan fingerprint density at radius 3 is 2.72 bits per heavy atom. The van der Waals surface area contributed by atoms with Gasteiger partial charge >= 0.3 is 0 Å². The van der Waals surface area contributed by atoms with Crippen LogP contribution in [0.2, 0.25) is 5.02 Å². The highest BCUT2D eigenvalue weighted by Gasteiger charge is 2.35. The average molecular weight is 361 g/mol. The molecule has 2 amide bonds. The van der Waals surface area contributed by atoms with Crippen molar-refractivity contribution in [2.45, 2.75) is 19.9 Å². The molecule has 1 saturated heterocycles. The summed E-state index contributed by atoms with van der Waals surface area (Å²) >= 11 is 6.12. The minimum Gasteiger partial charge on any atom is -0.352 e. The third kappa shape index (κ3) is 3.82. The molecule has 3 rings (SSSR count). The molecule has 1 heterocycles. The summed E-state index contributed by atoms with van der Waals surface area (Å²) < 4.78 is 12.9. The van der Waals surface area contributed by atoms with Crippen LogP contribution < -0.4 is 10.2 Å². The van der Waals surface area contributed by atoms with Crippen LogP contribution in [0.25, 0.3) is 0 Å². The van der Waals surface area contributed by atoms with Gasteiger partial charge in [0.15, 0.2) is 0 Å². The van der Waals surface area contributed by atoms with E-state index in [1.165, 1.54) is 12.1 Å². The number of carbonyl (C=O) groups excluding carboxylic acids is 2. The molecule has 1 N–H and O–H groups in total. The van der Waals surface area contributed by atoms with E-state index in [1.807, 2.05) is 13.0 Å². The fourth-order valence-electron chi connectivity index (χ4n) is 2.94. The minimum absolute atomic E-state index is 0.0905. The summed E-state index contributed by atoms with van der Waals surface area (Å²) in [5.74, 6) is -0.998. The number of benzene rings is 2. The number of rotatable bonds is 4. The SMILES string of the molecule is Cc1c(Cl)cccc1N1C[C@@H](C(=O)NCc2ccc(F)cc2)CC1=O. The van der Waals surface area contributed by atoms with Crippen molar-refractivity contribution < 1.29 is 14.0 Å². The molecule has 1 aliphatic rings. The molecule has 0 spiro atoms. The second kappa shape index (κ2) is 7.23. The molecule has 6 heteroatoms. The first kappa shape index (κ1) is 17.4. The third-order valence-corrected chi connectivity index (χ3v) is 4.82. The van der Waals surface area contributed by atoms with E-state index in [1.54, 1.807) is 29.2 Å². The Morgan fingerprint density at radius 2 is 2.00 bits per heavy atom. The van der Waals surface area contributed by atoms with Gasteiger partial charge in [0.05, 0.1) is 5.92 Å². The van der Waals surface area contributed by atoms with Gasteiger partial charge in [-0.1, -0.05) is 29.8 Å². The predicted molar refractivity (Wildman–Crippen MR) is 94.9 cm³/mol. The van der Waals surface area contributed by atoms with E-state index in [9.17, 15) is 14.0 Å². The lowest BCUT2D eigenvalue weighted by atomic mass is 10.1. The van der Waals surface area contributed by atoms with Crippen LogP contribution in [0.1, 0.15) is 17.5 Å². The molecule has 1 atom stereocenters. The summed E-state index contributed by atoms with van der Waals surface area (Å²) in [6, 6.07) is 11.3. The topological polar surface area (TPSA) is 49.4 Å². The zero-order chi connectivity index (χ0) is 18.0. The van der Waals surface area contributed by atoms with Gasteiger partial charge < -0.3 is 10.2 Å². The van der Waals surface area contributed by atoms with Gasteiger partial charge in [-0.25, -0.2) is 4.39 Å². The molecule has 4 nitrogen and oxygen atoms in total. The Hall–Kier alpha value is -2.40. The molecule has 0 unspecified atom stereocenters. The molecular weight excluding hydrogens is 343 g/mol. The van der Waals surface area contributed by atoms with Gasteiger partial charge in [-0.05, 0) is 42.3 Å². The first-order valence-corrected chi connectivity index (χ1v) is 8.41. The number of hydrogen-bond acceptors (Lipinski definition) is 2. The Balaban J connectivity index is 1.64. The summed E-state index contributed by atoms with van der Waals surface area (Å²) in [6.45, 7) is 2.49. The van der Waals surface area contributed by atoms with Crippen LogP contribution in [0.5, 0.6) is 0 Å².